The average molecular weight is 342 g/mol. The molecule has 0 unspecified atom stereocenters. The maximum absolute atomic E-state index is 13.7. The van der Waals surface area contributed by atoms with Gasteiger partial charge in [0.1, 0.15) is 11.6 Å². The summed E-state index contributed by atoms with van der Waals surface area (Å²) in [6, 6.07) is 15.1. The van der Waals surface area contributed by atoms with Crippen LogP contribution in [0.1, 0.15) is 5.56 Å². The Morgan fingerprint density at radius 1 is 0.880 bits per heavy atom. The average Bonchev–Trinajstić information content (AvgIpc) is 2.64. The second kappa shape index (κ2) is 7.79. The predicted molar refractivity (Wildman–Crippen MR) is 90.7 cm³/mol. The van der Waals surface area contributed by atoms with Crippen molar-refractivity contribution in [1.82, 2.24) is 9.80 Å². The molecule has 0 saturated carbocycles. The first kappa shape index (κ1) is 17.0. The highest BCUT2D eigenvalue weighted by atomic mass is 19.1. The number of halogens is 1. The van der Waals surface area contributed by atoms with Gasteiger partial charge in [0, 0.05) is 26.2 Å². The SMILES string of the molecule is O=C(Cc1ccccc1F)N1CCN(C(=O)Oc2ccccc2)CC1. The molecule has 0 aromatic heterocycles. The van der Waals surface area contributed by atoms with Crippen molar-refractivity contribution in [1.29, 1.82) is 0 Å². The minimum atomic E-state index is -0.424. The Kier molecular flexibility index (Phi) is 5.28. The van der Waals surface area contributed by atoms with Gasteiger partial charge in [0.05, 0.1) is 6.42 Å². The van der Waals surface area contributed by atoms with Crippen molar-refractivity contribution in [2.24, 2.45) is 0 Å². The van der Waals surface area contributed by atoms with Crippen LogP contribution in [-0.2, 0) is 11.2 Å². The molecule has 5 nitrogen and oxygen atoms in total. The Morgan fingerprint density at radius 3 is 2.16 bits per heavy atom. The van der Waals surface area contributed by atoms with E-state index in [0.29, 0.717) is 37.5 Å². The second-order valence-electron chi connectivity index (χ2n) is 5.82. The summed E-state index contributed by atoms with van der Waals surface area (Å²) in [5.74, 6) is -0.0207. The Bertz CT molecular complexity index is 743. The molecule has 2 aromatic carbocycles. The van der Waals surface area contributed by atoms with Crippen molar-refractivity contribution in [2.45, 2.75) is 6.42 Å². The molecule has 0 N–H and O–H groups in total. The molecule has 1 aliphatic heterocycles. The van der Waals surface area contributed by atoms with Crippen LogP contribution in [0.2, 0.25) is 0 Å². The van der Waals surface area contributed by atoms with Gasteiger partial charge in [0.2, 0.25) is 5.91 Å². The normalized spacial score (nSPS) is 14.3. The summed E-state index contributed by atoms with van der Waals surface area (Å²) in [5, 5.41) is 0. The molecule has 0 atom stereocenters. The largest absolute Gasteiger partial charge is 0.415 e. The van der Waals surface area contributed by atoms with Crippen LogP contribution in [0.4, 0.5) is 9.18 Å². The molecule has 1 saturated heterocycles. The lowest BCUT2D eigenvalue weighted by Gasteiger charge is -2.34. The summed E-state index contributed by atoms with van der Waals surface area (Å²) in [4.78, 5) is 27.7. The van der Waals surface area contributed by atoms with E-state index in [4.69, 9.17) is 4.74 Å². The Hall–Kier alpha value is -2.89. The summed E-state index contributed by atoms with van der Waals surface area (Å²) in [5.41, 5.74) is 0.387. The van der Waals surface area contributed by atoms with Crippen molar-refractivity contribution in [2.75, 3.05) is 26.2 Å². The van der Waals surface area contributed by atoms with Crippen LogP contribution >= 0.6 is 0 Å². The summed E-state index contributed by atoms with van der Waals surface area (Å²) in [7, 11) is 0. The third kappa shape index (κ3) is 4.35. The number of rotatable bonds is 3. The van der Waals surface area contributed by atoms with E-state index < -0.39 is 6.09 Å². The number of nitrogens with zero attached hydrogens (tertiary/aromatic N) is 2. The van der Waals surface area contributed by atoms with E-state index in [-0.39, 0.29) is 18.1 Å². The fourth-order valence-electron chi connectivity index (χ4n) is 2.71. The van der Waals surface area contributed by atoms with Crippen LogP contribution in [0.25, 0.3) is 0 Å². The molecule has 2 aromatic rings. The van der Waals surface area contributed by atoms with Gasteiger partial charge in [0.15, 0.2) is 0 Å². The van der Waals surface area contributed by atoms with Gasteiger partial charge in [-0.3, -0.25) is 4.79 Å². The molecular weight excluding hydrogens is 323 g/mol. The Balaban J connectivity index is 1.50. The van der Waals surface area contributed by atoms with Gasteiger partial charge in [-0.15, -0.1) is 0 Å². The topological polar surface area (TPSA) is 49.9 Å². The standard InChI is InChI=1S/C19H19FN2O3/c20-17-9-5-4-6-15(17)14-18(23)21-10-12-22(13-11-21)19(24)25-16-7-2-1-3-8-16/h1-9H,10-14H2. The monoisotopic (exact) mass is 342 g/mol. The van der Waals surface area contributed by atoms with Gasteiger partial charge in [-0.1, -0.05) is 36.4 Å². The zero-order chi connectivity index (χ0) is 17.6. The van der Waals surface area contributed by atoms with Crippen molar-refractivity contribution in [3.8, 4) is 5.75 Å². The zero-order valence-electron chi connectivity index (χ0n) is 13.7. The molecule has 0 bridgehead atoms. The summed E-state index contributed by atoms with van der Waals surface area (Å²) in [6.07, 6.45) is -0.395. The van der Waals surface area contributed by atoms with Crippen LogP contribution in [-0.4, -0.2) is 48.0 Å². The van der Waals surface area contributed by atoms with Crippen LogP contribution < -0.4 is 4.74 Å². The van der Waals surface area contributed by atoms with Crippen LogP contribution in [0.15, 0.2) is 54.6 Å². The number of hydrogen-bond acceptors (Lipinski definition) is 3. The lowest BCUT2D eigenvalue weighted by atomic mass is 10.1. The number of para-hydroxylation sites is 1. The maximum Gasteiger partial charge on any atom is 0.415 e. The highest BCUT2D eigenvalue weighted by Crippen LogP contribution is 2.13. The lowest BCUT2D eigenvalue weighted by molar-refractivity contribution is -0.132. The first-order valence-electron chi connectivity index (χ1n) is 8.16. The number of carbonyl (C=O) groups excluding carboxylic acids is 2. The van der Waals surface area contributed by atoms with E-state index in [1.165, 1.54) is 6.07 Å². The van der Waals surface area contributed by atoms with Gasteiger partial charge >= 0.3 is 6.09 Å². The number of hydrogen-bond donors (Lipinski definition) is 0. The van der Waals surface area contributed by atoms with E-state index in [0.717, 1.165) is 0 Å². The minimum Gasteiger partial charge on any atom is -0.410 e. The van der Waals surface area contributed by atoms with E-state index in [9.17, 15) is 14.0 Å². The highest BCUT2D eigenvalue weighted by molar-refractivity contribution is 5.79. The smallest absolute Gasteiger partial charge is 0.410 e. The number of ether oxygens (including phenoxy) is 1. The van der Waals surface area contributed by atoms with E-state index in [1.54, 1.807) is 52.3 Å². The number of piperazine rings is 1. The van der Waals surface area contributed by atoms with E-state index in [1.807, 2.05) is 6.07 Å². The summed E-state index contributed by atoms with van der Waals surface area (Å²) >= 11 is 0. The summed E-state index contributed by atoms with van der Waals surface area (Å²) in [6.45, 7) is 1.62. The molecule has 1 heterocycles. The van der Waals surface area contributed by atoms with Crippen LogP contribution in [0, 0.1) is 5.82 Å². The van der Waals surface area contributed by atoms with Crippen molar-refractivity contribution < 1.29 is 18.7 Å². The van der Waals surface area contributed by atoms with Crippen molar-refractivity contribution in [3.63, 3.8) is 0 Å². The van der Waals surface area contributed by atoms with Crippen molar-refractivity contribution >= 4 is 12.0 Å². The molecular formula is C19H19FN2O3. The third-order valence-electron chi connectivity index (χ3n) is 4.14. The molecule has 1 aliphatic rings. The molecule has 1 fully saturated rings. The van der Waals surface area contributed by atoms with E-state index in [2.05, 4.69) is 0 Å². The first-order chi connectivity index (χ1) is 12.1. The molecule has 0 aliphatic carbocycles. The molecule has 3 rings (SSSR count). The molecule has 130 valence electrons. The zero-order valence-corrected chi connectivity index (χ0v) is 13.7. The highest BCUT2D eigenvalue weighted by Gasteiger charge is 2.25. The van der Waals surface area contributed by atoms with Gasteiger partial charge in [-0.2, -0.15) is 0 Å². The molecule has 0 spiro atoms. The molecule has 6 heteroatoms. The number of carbonyl (C=O) groups is 2. The predicted octanol–water partition coefficient (Wildman–Crippen LogP) is 2.71. The molecule has 2 amide bonds. The van der Waals surface area contributed by atoms with E-state index >= 15 is 0 Å². The van der Waals surface area contributed by atoms with Crippen LogP contribution in [0.5, 0.6) is 5.75 Å². The Morgan fingerprint density at radius 2 is 1.48 bits per heavy atom. The number of amides is 2. The number of benzene rings is 2. The lowest BCUT2D eigenvalue weighted by Crippen LogP contribution is -2.51. The first-order valence-corrected chi connectivity index (χ1v) is 8.16. The fraction of sp³-hybridized carbons (Fsp3) is 0.263. The molecule has 25 heavy (non-hydrogen) atoms. The molecule has 0 radical (unpaired) electrons. The quantitative estimate of drug-likeness (QED) is 0.862. The maximum atomic E-state index is 13.7. The van der Waals surface area contributed by atoms with Gasteiger partial charge in [0.25, 0.3) is 0 Å². The van der Waals surface area contributed by atoms with Crippen molar-refractivity contribution in [3.05, 3.63) is 66.0 Å². The van der Waals surface area contributed by atoms with Gasteiger partial charge < -0.3 is 14.5 Å². The third-order valence-corrected chi connectivity index (χ3v) is 4.14. The van der Waals surface area contributed by atoms with Crippen LogP contribution in [0.3, 0.4) is 0 Å². The summed E-state index contributed by atoms with van der Waals surface area (Å²) < 4.78 is 18.9. The van der Waals surface area contributed by atoms with Gasteiger partial charge in [-0.25, -0.2) is 9.18 Å². The van der Waals surface area contributed by atoms with Gasteiger partial charge in [-0.05, 0) is 23.8 Å². The fourth-order valence-corrected chi connectivity index (χ4v) is 2.71. The second-order valence-corrected chi connectivity index (χ2v) is 5.82. The Labute approximate surface area is 145 Å². The minimum absolute atomic E-state index is 0.0289.